The van der Waals surface area contributed by atoms with Gasteiger partial charge >= 0.3 is 0 Å². The highest BCUT2D eigenvalue weighted by Gasteiger charge is 2.22. The fourth-order valence-corrected chi connectivity index (χ4v) is 4.33. The van der Waals surface area contributed by atoms with Crippen molar-refractivity contribution in [1.82, 2.24) is 24.8 Å². The summed E-state index contributed by atoms with van der Waals surface area (Å²) in [5.41, 5.74) is 6.33. The van der Waals surface area contributed by atoms with Crippen molar-refractivity contribution in [3.63, 3.8) is 0 Å². The Kier molecular flexibility index (Phi) is 4.79. The molecule has 0 aliphatic rings. The molecule has 0 saturated heterocycles. The Balaban J connectivity index is 1.70. The molecule has 0 aromatic carbocycles. The summed E-state index contributed by atoms with van der Waals surface area (Å²) in [6, 6.07) is 5.91. The average Bonchev–Trinajstić information content (AvgIpc) is 3.40. The van der Waals surface area contributed by atoms with E-state index in [1.807, 2.05) is 62.1 Å². The second-order valence-electron chi connectivity index (χ2n) is 6.46. The van der Waals surface area contributed by atoms with Crippen LogP contribution in [-0.2, 0) is 6.54 Å². The molecule has 4 heterocycles. The maximum atomic E-state index is 12.9. The topological polar surface area (TPSA) is 77.1 Å². The number of carbonyl (C=O) groups is 1. The molecule has 4 aromatic heterocycles. The number of hydrazone groups is 1. The molecule has 4 aromatic rings. The van der Waals surface area contributed by atoms with Crippen LogP contribution in [0.5, 0.6) is 0 Å². The highest BCUT2D eigenvalue weighted by Crippen LogP contribution is 2.35. The molecule has 0 fully saturated rings. The Labute approximate surface area is 166 Å². The van der Waals surface area contributed by atoms with Crippen LogP contribution in [0, 0.1) is 13.8 Å². The molecule has 0 aliphatic carbocycles. The number of hydrogen-bond donors (Lipinski definition) is 1. The van der Waals surface area contributed by atoms with Gasteiger partial charge in [-0.05, 0) is 44.5 Å². The predicted octanol–water partition coefficient (Wildman–Crippen LogP) is 3.68. The summed E-state index contributed by atoms with van der Waals surface area (Å²) < 4.78 is 3.75. The van der Waals surface area contributed by atoms with E-state index in [4.69, 9.17) is 0 Å². The lowest BCUT2D eigenvalue weighted by Gasteiger charge is -2.07. The number of aryl methyl sites for hydroxylation is 3. The molecule has 1 N–H and O–H groups in total. The third kappa shape index (κ3) is 3.34. The van der Waals surface area contributed by atoms with E-state index in [-0.39, 0.29) is 5.91 Å². The highest BCUT2D eigenvalue weighted by atomic mass is 32.1. The van der Waals surface area contributed by atoms with Crippen molar-refractivity contribution in [3.8, 4) is 5.69 Å². The van der Waals surface area contributed by atoms with Gasteiger partial charge < -0.3 is 4.57 Å². The number of amides is 1. The van der Waals surface area contributed by atoms with Crippen molar-refractivity contribution in [2.75, 3.05) is 0 Å². The minimum absolute atomic E-state index is 0.261. The van der Waals surface area contributed by atoms with Crippen LogP contribution in [0.3, 0.4) is 0 Å². The molecular weight excluding hydrogens is 372 g/mol. The number of carbonyl (C=O) groups excluding carboxylic acids is 1. The lowest BCUT2D eigenvalue weighted by Crippen LogP contribution is -2.18. The van der Waals surface area contributed by atoms with Gasteiger partial charge in [0.05, 0.1) is 18.1 Å². The number of thiophene rings is 1. The van der Waals surface area contributed by atoms with Crippen LogP contribution in [-0.4, -0.2) is 31.5 Å². The molecule has 4 rings (SSSR count). The predicted molar refractivity (Wildman–Crippen MR) is 111 cm³/mol. The second kappa shape index (κ2) is 7.40. The van der Waals surface area contributed by atoms with Gasteiger partial charge in [0, 0.05) is 41.8 Å². The zero-order valence-electron chi connectivity index (χ0n) is 15.9. The molecule has 0 spiro atoms. The smallest absolute Gasteiger partial charge is 0.283 e. The zero-order valence-corrected chi connectivity index (χ0v) is 16.7. The summed E-state index contributed by atoms with van der Waals surface area (Å²) in [6.07, 6.45) is 9.03. The zero-order chi connectivity index (χ0) is 19.7. The molecule has 0 bridgehead atoms. The summed E-state index contributed by atoms with van der Waals surface area (Å²) in [5.74, 6) is -0.261. The van der Waals surface area contributed by atoms with E-state index in [9.17, 15) is 4.79 Å². The molecular formula is C20H20N6OS. The van der Waals surface area contributed by atoms with Gasteiger partial charge in [0.2, 0.25) is 0 Å². The number of rotatable bonds is 5. The standard InChI is InChI=1S/C20H20N6OS/c1-4-26-12-15(11-22-26)10-21-24-19(27)18-17(25-7-5-6-8-25)16-13(2)9-14(3)23-20(16)28-18/h5-12H,4H2,1-3H3,(H,24,27). The lowest BCUT2D eigenvalue weighted by atomic mass is 10.1. The van der Waals surface area contributed by atoms with E-state index in [1.165, 1.54) is 11.3 Å². The number of hydrogen-bond acceptors (Lipinski definition) is 5. The molecule has 0 saturated carbocycles. The Morgan fingerprint density at radius 3 is 2.82 bits per heavy atom. The molecule has 0 aliphatic heterocycles. The first-order chi connectivity index (χ1) is 13.6. The molecule has 0 unspecified atom stereocenters. The van der Waals surface area contributed by atoms with Crippen LogP contribution < -0.4 is 5.43 Å². The molecule has 7 nitrogen and oxygen atoms in total. The van der Waals surface area contributed by atoms with Crippen molar-refractivity contribution in [2.45, 2.75) is 27.3 Å². The van der Waals surface area contributed by atoms with Crippen LogP contribution >= 0.6 is 11.3 Å². The molecule has 0 radical (unpaired) electrons. The van der Waals surface area contributed by atoms with Gasteiger partial charge in [0.1, 0.15) is 9.71 Å². The normalized spacial score (nSPS) is 11.5. The van der Waals surface area contributed by atoms with Gasteiger partial charge in [-0.1, -0.05) is 0 Å². The quantitative estimate of drug-likeness (QED) is 0.416. The summed E-state index contributed by atoms with van der Waals surface area (Å²) in [6.45, 7) is 6.80. The Hall–Kier alpha value is -3.26. The molecule has 1 amide bonds. The fraction of sp³-hybridized carbons (Fsp3) is 0.200. The Morgan fingerprint density at radius 2 is 2.11 bits per heavy atom. The van der Waals surface area contributed by atoms with Gasteiger partial charge in [-0.15, -0.1) is 11.3 Å². The summed E-state index contributed by atoms with van der Waals surface area (Å²) in [4.78, 5) is 19.0. The maximum Gasteiger partial charge on any atom is 0.283 e. The first kappa shape index (κ1) is 18.1. The summed E-state index contributed by atoms with van der Waals surface area (Å²) in [5, 5.41) is 9.28. The summed E-state index contributed by atoms with van der Waals surface area (Å²) in [7, 11) is 0. The monoisotopic (exact) mass is 392 g/mol. The van der Waals surface area contributed by atoms with E-state index >= 15 is 0 Å². The SMILES string of the molecule is CCn1cc(C=NNC(=O)c2sc3nc(C)cc(C)c3c2-n2cccc2)cn1. The van der Waals surface area contributed by atoms with E-state index in [1.54, 1.807) is 17.1 Å². The first-order valence-electron chi connectivity index (χ1n) is 8.96. The Bertz CT molecular complexity index is 1170. The van der Waals surface area contributed by atoms with Gasteiger partial charge in [-0.2, -0.15) is 10.2 Å². The second-order valence-corrected chi connectivity index (χ2v) is 7.46. The largest absolute Gasteiger partial charge is 0.322 e. The van der Waals surface area contributed by atoms with Crippen molar-refractivity contribution in [3.05, 3.63) is 64.7 Å². The maximum absolute atomic E-state index is 12.9. The van der Waals surface area contributed by atoms with E-state index in [2.05, 4.69) is 20.6 Å². The van der Waals surface area contributed by atoms with Crippen molar-refractivity contribution < 1.29 is 4.79 Å². The molecule has 28 heavy (non-hydrogen) atoms. The highest BCUT2D eigenvalue weighted by molar-refractivity contribution is 7.21. The number of nitrogens with one attached hydrogen (secondary N) is 1. The number of fused-ring (bicyclic) bond motifs is 1. The van der Waals surface area contributed by atoms with E-state index < -0.39 is 0 Å². The average molecular weight is 392 g/mol. The molecule has 142 valence electrons. The van der Waals surface area contributed by atoms with Gasteiger partial charge in [-0.3, -0.25) is 9.48 Å². The van der Waals surface area contributed by atoms with Crippen LogP contribution in [0.15, 0.2) is 48.1 Å². The molecule has 8 heteroatoms. The van der Waals surface area contributed by atoms with Crippen LogP contribution in [0.4, 0.5) is 0 Å². The van der Waals surface area contributed by atoms with Gasteiger partial charge in [0.15, 0.2) is 0 Å². The molecule has 0 atom stereocenters. The first-order valence-corrected chi connectivity index (χ1v) is 9.78. The van der Waals surface area contributed by atoms with Gasteiger partial charge in [0.25, 0.3) is 5.91 Å². The van der Waals surface area contributed by atoms with Crippen LogP contribution in [0.25, 0.3) is 15.9 Å². The fourth-order valence-electron chi connectivity index (χ4n) is 3.14. The van der Waals surface area contributed by atoms with Crippen LogP contribution in [0.2, 0.25) is 0 Å². The van der Waals surface area contributed by atoms with E-state index in [0.717, 1.165) is 39.3 Å². The number of pyridine rings is 1. The summed E-state index contributed by atoms with van der Waals surface area (Å²) >= 11 is 1.38. The third-order valence-corrected chi connectivity index (χ3v) is 5.46. The number of aromatic nitrogens is 4. The Morgan fingerprint density at radius 1 is 1.32 bits per heavy atom. The van der Waals surface area contributed by atoms with Gasteiger partial charge in [-0.25, -0.2) is 10.4 Å². The number of nitrogens with zero attached hydrogens (tertiary/aromatic N) is 5. The minimum Gasteiger partial charge on any atom is -0.322 e. The third-order valence-electron chi connectivity index (χ3n) is 4.39. The van der Waals surface area contributed by atoms with Crippen molar-refractivity contribution >= 4 is 33.7 Å². The van der Waals surface area contributed by atoms with Crippen LogP contribution in [0.1, 0.15) is 33.4 Å². The minimum atomic E-state index is -0.261. The van der Waals surface area contributed by atoms with Crippen molar-refractivity contribution in [2.24, 2.45) is 5.10 Å². The lowest BCUT2D eigenvalue weighted by molar-refractivity contribution is 0.0959. The van der Waals surface area contributed by atoms with E-state index in [0.29, 0.717) is 4.88 Å². The van der Waals surface area contributed by atoms with Crippen molar-refractivity contribution in [1.29, 1.82) is 0 Å².